The molecule has 5 nitrogen and oxygen atoms in total. The van der Waals surface area contributed by atoms with Crippen molar-refractivity contribution in [1.29, 1.82) is 0 Å². The van der Waals surface area contributed by atoms with Gasteiger partial charge >= 0.3 is 0 Å². The number of aryl methyl sites for hydroxylation is 1. The maximum Gasteiger partial charge on any atom is 0.221 e. The summed E-state index contributed by atoms with van der Waals surface area (Å²) >= 11 is 0. The Morgan fingerprint density at radius 2 is 2.11 bits per heavy atom. The number of hydrogen-bond acceptors (Lipinski definition) is 3. The van der Waals surface area contributed by atoms with Crippen LogP contribution in [0, 0.1) is 5.92 Å². The standard InChI is InChI=1S/C14H26N4O/c1-10(2)7-12(15)13-8-16-9-18(13)6-5-14(19)17-11(3)4/h8-12H,5-7,15H2,1-4H3,(H,17,19). The first kappa shape index (κ1) is 15.7. The van der Waals surface area contributed by atoms with Gasteiger partial charge in [-0.3, -0.25) is 4.79 Å². The lowest BCUT2D eigenvalue weighted by molar-refractivity contribution is -0.121. The topological polar surface area (TPSA) is 72.9 Å². The summed E-state index contributed by atoms with van der Waals surface area (Å²) in [6.45, 7) is 8.84. The zero-order chi connectivity index (χ0) is 14.4. The summed E-state index contributed by atoms with van der Waals surface area (Å²) in [7, 11) is 0. The van der Waals surface area contributed by atoms with E-state index >= 15 is 0 Å². The van der Waals surface area contributed by atoms with Crippen LogP contribution < -0.4 is 11.1 Å². The fraction of sp³-hybridized carbons (Fsp3) is 0.714. The van der Waals surface area contributed by atoms with E-state index < -0.39 is 0 Å². The van der Waals surface area contributed by atoms with Crippen LogP contribution in [0.15, 0.2) is 12.5 Å². The second kappa shape index (κ2) is 7.28. The second-order valence-electron chi connectivity index (χ2n) is 5.72. The SMILES string of the molecule is CC(C)CC(N)c1cncn1CCC(=O)NC(C)C. The summed E-state index contributed by atoms with van der Waals surface area (Å²) in [5, 5.41) is 2.88. The third-order valence-corrected chi connectivity index (χ3v) is 2.88. The Kier molecular flexibility index (Phi) is 6.02. The van der Waals surface area contributed by atoms with Gasteiger partial charge < -0.3 is 15.6 Å². The van der Waals surface area contributed by atoms with Gasteiger partial charge in [-0.2, -0.15) is 0 Å². The number of carbonyl (C=O) groups is 1. The van der Waals surface area contributed by atoms with Crippen molar-refractivity contribution in [2.24, 2.45) is 11.7 Å². The first-order valence-corrected chi connectivity index (χ1v) is 6.95. The minimum Gasteiger partial charge on any atom is -0.354 e. The van der Waals surface area contributed by atoms with Gasteiger partial charge in [-0.1, -0.05) is 13.8 Å². The summed E-state index contributed by atoms with van der Waals surface area (Å²) in [4.78, 5) is 15.8. The van der Waals surface area contributed by atoms with E-state index in [1.807, 2.05) is 18.4 Å². The van der Waals surface area contributed by atoms with Gasteiger partial charge in [0.2, 0.25) is 5.91 Å². The molecular weight excluding hydrogens is 240 g/mol. The first-order chi connectivity index (χ1) is 8.90. The monoisotopic (exact) mass is 266 g/mol. The van der Waals surface area contributed by atoms with E-state index in [9.17, 15) is 4.79 Å². The molecule has 1 aromatic rings. The van der Waals surface area contributed by atoms with E-state index in [2.05, 4.69) is 24.1 Å². The fourth-order valence-corrected chi connectivity index (χ4v) is 2.07. The van der Waals surface area contributed by atoms with Crippen molar-refractivity contribution in [3.8, 4) is 0 Å². The van der Waals surface area contributed by atoms with Crippen molar-refractivity contribution < 1.29 is 4.79 Å². The fourth-order valence-electron chi connectivity index (χ4n) is 2.07. The first-order valence-electron chi connectivity index (χ1n) is 6.95. The van der Waals surface area contributed by atoms with Crippen molar-refractivity contribution in [2.45, 2.75) is 59.2 Å². The van der Waals surface area contributed by atoms with Gasteiger partial charge in [-0.15, -0.1) is 0 Å². The molecule has 3 N–H and O–H groups in total. The molecule has 0 spiro atoms. The van der Waals surface area contributed by atoms with Gasteiger partial charge in [-0.25, -0.2) is 4.98 Å². The van der Waals surface area contributed by atoms with Crippen LogP contribution in [0.1, 0.15) is 52.3 Å². The average Bonchev–Trinajstić information content (AvgIpc) is 2.72. The van der Waals surface area contributed by atoms with Crippen molar-refractivity contribution >= 4 is 5.91 Å². The minimum atomic E-state index is -0.0179. The summed E-state index contributed by atoms with van der Waals surface area (Å²) < 4.78 is 1.98. The zero-order valence-electron chi connectivity index (χ0n) is 12.4. The molecule has 1 rings (SSSR count). The maximum atomic E-state index is 11.6. The maximum absolute atomic E-state index is 11.6. The number of amides is 1. The minimum absolute atomic E-state index is 0.0179. The molecule has 0 aliphatic rings. The van der Waals surface area contributed by atoms with Crippen LogP contribution in [0.4, 0.5) is 0 Å². The molecule has 1 aromatic heterocycles. The Bertz CT molecular complexity index is 398. The van der Waals surface area contributed by atoms with Crippen LogP contribution in [-0.2, 0) is 11.3 Å². The molecule has 0 aromatic carbocycles. The number of nitrogens with two attached hydrogens (primary N) is 1. The van der Waals surface area contributed by atoms with E-state index in [1.165, 1.54) is 0 Å². The van der Waals surface area contributed by atoms with E-state index in [0.717, 1.165) is 12.1 Å². The summed E-state index contributed by atoms with van der Waals surface area (Å²) in [6.07, 6.45) is 4.92. The van der Waals surface area contributed by atoms with Gasteiger partial charge in [0.1, 0.15) is 0 Å². The smallest absolute Gasteiger partial charge is 0.221 e. The highest BCUT2D eigenvalue weighted by atomic mass is 16.1. The molecule has 1 amide bonds. The van der Waals surface area contributed by atoms with Gasteiger partial charge in [0, 0.05) is 31.2 Å². The molecule has 0 bridgehead atoms. The van der Waals surface area contributed by atoms with Crippen LogP contribution in [0.5, 0.6) is 0 Å². The molecule has 0 aliphatic heterocycles. The van der Waals surface area contributed by atoms with Gasteiger partial charge in [0.25, 0.3) is 0 Å². The highest BCUT2D eigenvalue weighted by Gasteiger charge is 2.14. The Labute approximate surface area is 115 Å². The average molecular weight is 266 g/mol. The number of aromatic nitrogens is 2. The lowest BCUT2D eigenvalue weighted by Crippen LogP contribution is -2.31. The zero-order valence-corrected chi connectivity index (χ0v) is 12.4. The number of nitrogens with zero attached hydrogens (tertiary/aromatic N) is 2. The highest BCUT2D eigenvalue weighted by Crippen LogP contribution is 2.18. The molecule has 1 atom stereocenters. The van der Waals surface area contributed by atoms with Crippen molar-refractivity contribution in [1.82, 2.24) is 14.9 Å². The Morgan fingerprint density at radius 1 is 1.42 bits per heavy atom. The number of carbonyl (C=O) groups excluding carboxylic acids is 1. The van der Waals surface area contributed by atoms with Crippen LogP contribution >= 0.6 is 0 Å². The summed E-state index contributed by atoms with van der Waals surface area (Å²) in [5.74, 6) is 0.606. The Morgan fingerprint density at radius 3 is 2.68 bits per heavy atom. The third-order valence-electron chi connectivity index (χ3n) is 2.88. The molecule has 1 heterocycles. The largest absolute Gasteiger partial charge is 0.354 e. The van der Waals surface area contributed by atoms with E-state index in [0.29, 0.717) is 18.9 Å². The predicted octanol–water partition coefficient (Wildman–Crippen LogP) is 1.84. The molecule has 108 valence electrons. The molecule has 1 unspecified atom stereocenters. The summed E-state index contributed by atoms with van der Waals surface area (Å²) in [5.41, 5.74) is 7.17. The molecule has 0 saturated carbocycles. The quantitative estimate of drug-likeness (QED) is 0.791. The second-order valence-corrected chi connectivity index (χ2v) is 5.72. The lowest BCUT2D eigenvalue weighted by atomic mass is 10.0. The van der Waals surface area contributed by atoms with Gasteiger partial charge in [0.15, 0.2) is 0 Å². The normalized spacial score (nSPS) is 13.0. The predicted molar refractivity (Wildman–Crippen MR) is 76.5 cm³/mol. The van der Waals surface area contributed by atoms with Crippen LogP contribution in [0.3, 0.4) is 0 Å². The van der Waals surface area contributed by atoms with E-state index in [1.54, 1.807) is 12.5 Å². The lowest BCUT2D eigenvalue weighted by Gasteiger charge is -2.16. The number of imidazole rings is 1. The molecule has 0 fully saturated rings. The number of nitrogens with one attached hydrogen (secondary N) is 1. The Balaban J connectivity index is 2.55. The molecule has 5 heteroatoms. The molecular formula is C14H26N4O. The third kappa shape index (κ3) is 5.42. The van der Waals surface area contributed by atoms with Gasteiger partial charge in [-0.05, 0) is 26.2 Å². The molecule has 0 radical (unpaired) electrons. The summed E-state index contributed by atoms with van der Waals surface area (Å²) in [6, 6.07) is 0.161. The van der Waals surface area contributed by atoms with E-state index in [4.69, 9.17) is 5.73 Å². The van der Waals surface area contributed by atoms with Crippen LogP contribution in [-0.4, -0.2) is 21.5 Å². The van der Waals surface area contributed by atoms with Crippen molar-refractivity contribution in [2.75, 3.05) is 0 Å². The van der Waals surface area contributed by atoms with Crippen LogP contribution in [0.25, 0.3) is 0 Å². The van der Waals surface area contributed by atoms with Crippen molar-refractivity contribution in [3.05, 3.63) is 18.2 Å². The molecule has 0 saturated heterocycles. The molecule has 19 heavy (non-hydrogen) atoms. The molecule has 0 aliphatic carbocycles. The van der Waals surface area contributed by atoms with Gasteiger partial charge in [0.05, 0.1) is 12.0 Å². The van der Waals surface area contributed by atoms with Crippen LogP contribution in [0.2, 0.25) is 0 Å². The number of rotatable bonds is 7. The van der Waals surface area contributed by atoms with E-state index in [-0.39, 0.29) is 18.0 Å². The number of hydrogen-bond donors (Lipinski definition) is 2. The highest BCUT2D eigenvalue weighted by molar-refractivity contribution is 5.76. The van der Waals surface area contributed by atoms with Crippen molar-refractivity contribution in [3.63, 3.8) is 0 Å². The Hall–Kier alpha value is -1.36.